The summed E-state index contributed by atoms with van der Waals surface area (Å²) in [4.78, 5) is 8.86. The molecule has 0 aromatic heterocycles. The molecule has 1 N–H and O–H groups in total. The van der Waals surface area contributed by atoms with Gasteiger partial charge in [0.1, 0.15) is 5.69 Å². The number of rotatable bonds is 8. The van der Waals surface area contributed by atoms with Gasteiger partial charge in [0.05, 0.1) is 16.4 Å². The van der Waals surface area contributed by atoms with Gasteiger partial charge >= 0.3 is 5.51 Å². The molecule has 1 aromatic carbocycles. The Hall–Kier alpha value is -1.88. The van der Waals surface area contributed by atoms with E-state index in [9.17, 15) is 31.7 Å². The smallest absolute Gasteiger partial charge is 0.379 e. The van der Waals surface area contributed by atoms with Gasteiger partial charge in [-0.05, 0) is 18.1 Å². The fourth-order valence-electron chi connectivity index (χ4n) is 1.69. The Morgan fingerprint density at radius 3 is 2.46 bits per heavy atom. The van der Waals surface area contributed by atoms with Crippen molar-refractivity contribution in [3.8, 4) is 0 Å². The first kappa shape index (κ1) is 20.2. The highest BCUT2D eigenvalue weighted by molar-refractivity contribution is 7.92. The van der Waals surface area contributed by atoms with E-state index >= 15 is 0 Å². The monoisotopic (exact) mass is 370 g/mol. The van der Waals surface area contributed by atoms with Gasteiger partial charge in [-0.3, -0.25) is 10.1 Å². The molecule has 24 heavy (non-hydrogen) atoms. The molecule has 0 aliphatic carbocycles. The first-order chi connectivity index (χ1) is 11.0. The van der Waals surface area contributed by atoms with Crippen molar-refractivity contribution in [1.82, 2.24) is 0 Å². The molecule has 1 rings (SSSR count). The molecule has 1 aromatic rings. The van der Waals surface area contributed by atoms with Crippen LogP contribution in [0, 0.1) is 16.0 Å². The molecule has 0 unspecified atom stereocenters. The summed E-state index contributed by atoms with van der Waals surface area (Å²) in [5.41, 5.74) is -6.38. The molecule has 0 atom stereocenters. The van der Waals surface area contributed by atoms with Gasteiger partial charge in [0, 0.05) is 19.2 Å². The van der Waals surface area contributed by atoms with E-state index in [-0.39, 0.29) is 18.8 Å². The minimum atomic E-state index is -5.64. The van der Waals surface area contributed by atoms with E-state index in [4.69, 9.17) is 4.74 Å². The first-order valence-corrected chi connectivity index (χ1v) is 8.36. The zero-order valence-corrected chi connectivity index (χ0v) is 13.8. The molecule has 0 radical (unpaired) electrons. The molecule has 0 aliphatic heterocycles. The van der Waals surface area contributed by atoms with Crippen LogP contribution >= 0.6 is 0 Å². The van der Waals surface area contributed by atoms with Crippen LogP contribution in [0.2, 0.25) is 0 Å². The zero-order chi connectivity index (χ0) is 18.5. The average Bonchev–Trinajstić information content (AvgIpc) is 2.45. The summed E-state index contributed by atoms with van der Waals surface area (Å²) in [6.07, 6.45) is 0. The molecule has 0 spiro atoms. The largest absolute Gasteiger partial charge is 0.501 e. The Labute approximate surface area is 136 Å². The third-order valence-electron chi connectivity index (χ3n) is 2.79. The molecule has 7 nitrogen and oxygen atoms in total. The van der Waals surface area contributed by atoms with E-state index < -0.39 is 30.9 Å². The third kappa shape index (κ3) is 5.06. The van der Waals surface area contributed by atoms with Crippen molar-refractivity contribution in [2.75, 3.05) is 25.1 Å². The van der Waals surface area contributed by atoms with Gasteiger partial charge in [0.15, 0.2) is 0 Å². The molecular weight excluding hydrogens is 353 g/mol. The highest BCUT2D eigenvalue weighted by Gasteiger charge is 2.47. The molecule has 0 aliphatic rings. The quantitative estimate of drug-likeness (QED) is 0.429. The highest BCUT2D eigenvalue weighted by Crippen LogP contribution is 2.34. The molecule has 0 bridgehead atoms. The van der Waals surface area contributed by atoms with Gasteiger partial charge in [-0.1, -0.05) is 13.8 Å². The van der Waals surface area contributed by atoms with Gasteiger partial charge in [0.25, 0.3) is 15.5 Å². The second-order valence-corrected chi connectivity index (χ2v) is 7.22. The van der Waals surface area contributed by atoms with Crippen LogP contribution in [0.3, 0.4) is 0 Å². The van der Waals surface area contributed by atoms with E-state index in [0.29, 0.717) is 24.7 Å². The van der Waals surface area contributed by atoms with Crippen molar-refractivity contribution in [2.24, 2.45) is 5.92 Å². The van der Waals surface area contributed by atoms with E-state index in [1.807, 2.05) is 13.8 Å². The van der Waals surface area contributed by atoms with E-state index in [0.717, 1.165) is 6.07 Å². The lowest BCUT2D eigenvalue weighted by Gasteiger charge is -2.11. The number of anilines is 1. The SMILES string of the molecule is CC(C)COCCNc1ccc(S(=O)(=O)C(F)(F)F)cc1[N+](=O)[O-]. The van der Waals surface area contributed by atoms with Crippen LogP contribution < -0.4 is 5.32 Å². The number of hydrogen-bond acceptors (Lipinski definition) is 6. The summed E-state index contributed by atoms with van der Waals surface area (Å²) in [7, 11) is -5.64. The van der Waals surface area contributed by atoms with Crippen LogP contribution in [0.15, 0.2) is 23.1 Å². The van der Waals surface area contributed by atoms with Crippen molar-refractivity contribution < 1.29 is 31.2 Å². The van der Waals surface area contributed by atoms with Crippen molar-refractivity contribution >= 4 is 21.2 Å². The minimum absolute atomic E-state index is 0.0886. The van der Waals surface area contributed by atoms with Gasteiger partial charge in [0.2, 0.25) is 0 Å². The Morgan fingerprint density at radius 1 is 1.33 bits per heavy atom. The normalized spacial score (nSPS) is 12.4. The number of benzene rings is 1. The van der Waals surface area contributed by atoms with Crippen LogP contribution in [0.4, 0.5) is 24.5 Å². The topological polar surface area (TPSA) is 98.5 Å². The summed E-state index contributed by atoms with van der Waals surface area (Å²) in [5, 5.41) is 13.6. The van der Waals surface area contributed by atoms with Gasteiger partial charge in [-0.25, -0.2) is 8.42 Å². The minimum Gasteiger partial charge on any atom is -0.379 e. The van der Waals surface area contributed by atoms with Crippen LogP contribution in [0.5, 0.6) is 0 Å². The van der Waals surface area contributed by atoms with Crippen molar-refractivity contribution in [3.05, 3.63) is 28.3 Å². The van der Waals surface area contributed by atoms with Crippen LogP contribution in [-0.4, -0.2) is 38.6 Å². The van der Waals surface area contributed by atoms with Crippen LogP contribution in [0.1, 0.15) is 13.8 Å². The molecular formula is C13H17F3N2O5S. The molecule has 11 heteroatoms. The molecule has 0 heterocycles. The number of nitro benzene ring substituents is 1. The summed E-state index contributed by atoms with van der Waals surface area (Å²) in [5.74, 6) is 0.311. The molecule has 0 saturated carbocycles. The summed E-state index contributed by atoms with van der Waals surface area (Å²) in [6, 6.07) is 1.99. The number of nitrogens with one attached hydrogen (secondary N) is 1. The predicted molar refractivity (Wildman–Crippen MR) is 80.5 cm³/mol. The number of hydrogen-bond donors (Lipinski definition) is 1. The molecule has 0 amide bonds. The Balaban J connectivity index is 2.95. The van der Waals surface area contributed by atoms with Crippen molar-refractivity contribution in [3.63, 3.8) is 0 Å². The molecule has 136 valence electrons. The predicted octanol–water partition coefficient (Wildman–Crippen LogP) is 2.97. The lowest BCUT2D eigenvalue weighted by molar-refractivity contribution is -0.384. The van der Waals surface area contributed by atoms with Crippen molar-refractivity contribution in [1.29, 1.82) is 0 Å². The number of sulfone groups is 1. The Kier molecular flexibility index (Phi) is 6.55. The van der Waals surface area contributed by atoms with Gasteiger partial charge in [-0.2, -0.15) is 13.2 Å². The number of alkyl halides is 3. The maximum atomic E-state index is 12.5. The lowest BCUT2D eigenvalue weighted by Crippen LogP contribution is -2.23. The fraction of sp³-hybridized carbons (Fsp3) is 0.538. The van der Waals surface area contributed by atoms with E-state index in [2.05, 4.69) is 5.32 Å². The van der Waals surface area contributed by atoms with E-state index in [1.165, 1.54) is 0 Å². The Morgan fingerprint density at radius 2 is 1.96 bits per heavy atom. The molecule has 0 saturated heterocycles. The highest BCUT2D eigenvalue weighted by atomic mass is 32.2. The maximum Gasteiger partial charge on any atom is 0.501 e. The molecule has 0 fully saturated rings. The van der Waals surface area contributed by atoms with E-state index in [1.54, 1.807) is 0 Å². The number of nitrogens with zero attached hydrogens (tertiary/aromatic N) is 1. The summed E-state index contributed by atoms with van der Waals surface area (Å²) in [6.45, 7) is 4.79. The first-order valence-electron chi connectivity index (χ1n) is 6.88. The number of halogens is 3. The van der Waals surface area contributed by atoms with Crippen LogP contribution in [-0.2, 0) is 14.6 Å². The third-order valence-corrected chi connectivity index (χ3v) is 4.28. The second-order valence-electron chi connectivity index (χ2n) is 5.28. The standard InChI is InChI=1S/C13H17F3N2O5S/c1-9(2)8-23-6-5-17-11-4-3-10(7-12(11)18(19)20)24(21,22)13(14,15)16/h3-4,7,9,17H,5-6,8H2,1-2H3. The average molecular weight is 370 g/mol. The van der Waals surface area contributed by atoms with Crippen LogP contribution in [0.25, 0.3) is 0 Å². The lowest BCUT2D eigenvalue weighted by atomic mass is 10.2. The van der Waals surface area contributed by atoms with Gasteiger partial charge in [-0.15, -0.1) is 0 Å². The maximum absolute atomic E-state index is 12.5. The summed E-state index contributed by atoms with van der Waals surface area (Å²) >= 11 is 0. The number of ether oxygens (including phenoxy) is 1. The fourth-order valence-corrected chi connectivity index (χ4v) is 2.47. The van der Waals surface area contributed by atoms with Crippen molar-refractivity contribution in [2.45, 2.75) is 24.3 Å². The number of nitro groups is 1. The summed E-state index contributed by atoms with van der Waals surface area (Å²) < 4.78 is 65.4. The van der Waals surface area contributed by atoms with Gasteiger partial charge < -0.3 is 10.1 Å². The Bertz CT molecular complexity index is 689. The zero-order valence-electron chi connectivity index (χ0n) is 13.0. The second kappa shape index (κ2) is 7.79.